The highest BCUT2D eigenvalue weighted by Gasteiger charge is 2.34. The first-order valence-electron chi connectivity index (χ1n) is 11.6. The Morgan fingerprint density at radius 1 is 1.06 bits per heavy atom. The zero-order chi connectivity index (χ0) is 25.2. The molecule has 0 fully saturated rings. The van der Waals surface area contributed by atoms with E-state index in [0.29, 0.717) is 21.7 Å². The smallest absolute Gasteiger partial charge is 0.255 e. The molecule has 1 atom stereocenters. The van der Waals surface area contributed by atoms with Crippen molar-refractivity contribution < 1.29 is 4.79 Å². The van der Waals surface area contributed by atoms with Gasteiger partial charge >= 0.3 is 0 Å². The second kappa shape index (κ2) is 10.2. The third-order valence-corrected chi connectivity index (χ3v) is 7.30. The van der Waals surface area contributed by atoms with E-state index in [1.807, 2.05) is 61.5 Å². The molecule has 1 aromatic heterocycles. The number of thioether (sulfide) groups is 1. The van der Waals surface area contributed by atoms with Crippen molar-refractivity contribution in [2.24, 2.45) is 0 Å². The fourth-order valence-corrected chi connectivity index (χ4v) is 5.28. The topological polar surface area (TPSA) is 71.8 Å². The summed E-state index contributed by atoms with van der Waals surface area (Å²) < 4.78 is 1.79. The first kappa shape index (κ1) is 24.2. The zero-order valence-corrected chi connectivity index (χ0v) is 21.8. The Morgan fingerprint density at radius 3 is 2.56 bits per heavy atom. The molecule has 2 N–H and O–H groups in total. The third-order valence-electron chi connectivity index (χ3n) is 6.16. The number of halogens is 1. The maximum absolute atomic E-state index is 13.5. The summed E-state index contributed by atoms with van der Waals surface area (Å²) in [5, 5.41) is 12.4. The Morgan fingerprint density at radius 2 is 1.81 bits per heavy atom. The normalized spacial score (nSPS) is 14.8. The second-order valence-corrected chi connectivity index (χ2v) is 10.2. The molecule has 4 aromatic rings. The Bertz CT molecular complexity index is 1450. The van der Waals surface area contributed by atoms with Crippen LogP contribution >= 0.6 is 23.4 Å². The fourth-order valence-electron chi connectivity index (χ4n) is 4.26. The summed E-state index contributed by atoms with van der Waals surface area (Å²) in [6, 6.07) is 22.9. The lowest BCUT2D eigenvalue weighted by molar-refractivity contribution is -0.113. The van der Waals surface area contributed by atoms with E-state index in [4.69, 9.17) is 21.7 Å². The molecule has 182 valence electrons. The van der Waals surface area contributed by atoms with E-state index >= 15 is 0 Å². The van der Waals surface area contributed by atoms with Crippen molar-refractivity contribution in [3.8, 4) is 0 Å². The SMILES string of the molecule is CC1=C(C(=O)Nc2ccccc2)[C@H](c2ccc(Cl)cc2)n2nc(SCc3cc(C)ccc3C)nc2N1. The van der Waals surface area contributed by atoms with Crippen LogP contribution in [-0.2, 0) is 10.5 Å². The molecular weight excluding hydrogens is 490 g/mol. The van der Waals surface area contributed by atoms with Gasteiger partial charge in [-0.3, -0.25) is 4.79 Å². The van der Waals surface area contributed by atoms with Crippen LogP contribution in [0.3, 0.4) is 0 Å². The molecule has 1 amide bonds. The summed E-state index contributed by atoms with van der Waals surface area (Å²) in [4.78, 5) is 18.3. The summed E-state index contributed by atoms with van der Waals surface area (Å²) >= 11 is 7.75. The minimum atomic E-state index is -0.454. The molecule has 36 heavy (non-hydrogen) atoms. The number of rotatable bonds is 6. The predicted molar refractivity (Wildman–Crippen MR) is 146 cm³/mol. The van der Waals surface area contributed by atoms with Gasteiger partial charge in [0, 0.05) is 22.2 Å². The number of aromatic nitrogens is 3. The molecule has 0 saturated carbocycles. The van der Waals surface area contributed by atoms with Gasteiger partial charge in [-0.25, -0.2) is 4.68 Å². The number of nitrogens with zero attached hydrogens (tertiary/aromatic N) is 3. The van der Waals surface area contributed by atoms with Gasteiger partial charge in [-0.05, 0) is 61.7 Å². The summed E-state index contributed by atoms with van der Waals surface area (Å²) in [6.45, 7) is 6.10. The van der Waals surface area contributed by atoms with Gasteiger partial charge in [-0.1, -0.05) is 77.5 Å². The molecule has 0 spiro atoms. The minimum absolute atomic E-state index is 0.197. The number of hydrogen-bond donors (Lipinski definition) is 2. The highest BCUT2D eigenvalue weighted by Crippen LogP contribution is 2.37. The number of anilines is 2. The number of hydrogen-bond acceptors (Lipinski definition) is 5. The highest BCUT2D eigenvalue weighted by molar-refractivity contribution is 7.98. The van der Waals surface area contributed by atoms with E-state index < -0.39 is 6.04 Å². The third kappa shape index (κ3) is 5.03. The Kier molecular flexibility index (Phi) is 6.85. The average molecular weight is 516 g/mol. The lowest BCUT2D eigenvalue weighted by Gasteiger charge is -2.28. The maximum Gasteiger partial charge on any atom is 0.255 e. The van der Waals surface area contributed by atoms with E-state index in [-0.39, 0.29) is 5.91 Å². The second-order valence-electron chi connectivity index (χ2n) is 8.82. The van der Waals surface area contributed by atoms with Crippen molar-refractivity contribution in [2.45, 2.75) is 37.7 Å². The summed E-state index contributed by atoms with van der Waals surface area (Å²) in [5.41, 5.74) is 6.66. The van der Waals surface area contributed by atoms with Crippen LogP contribution in [0.1, 0.15) is 35.2 Å². The number of benzene rings is 3. The van der Waals surface area contributed by atoms with E-state index in [1.165, 1.54) is 16.7 Å². The van der Waals surface area contributed by atoms with Crippen LogP contribution < -0.4 is 10.6 Å². The Hall–Kier alpha value is -3.55. The van der Waals surface area contributed by atoms with Crippen LogP contribution in [0, 0.1) is 13.8 Å². The molecular formula is C28H26ClN5OS. The summed E-state index contributed by atoms with van der Waals surface area (Å²) in [6.07, 6.45) is 0. The number of fused-ring (bicyclic) bond motifs is 1. The van der Waals surface area contributed by atoms with Gasteiger partial charge in [0.05, 0.1) is 5.57 Å². The number of nitrogens with one attached hydrogen (secondary N) is 2. The standard InChI is InChI=1S/C28H26ClN5OS/c1-17-9-10-18(2)21(15-17)16-36-28-32-27-30-19(3)24(26(35)31-23-7-5-4-6-8-23)25(34(27)33-28)20-11-13-22(29)14-12-20/h4-15,25H,16H2,1-3H3,(H,31,35)(H,30,32,33)/t25-/m0/s1. The molecule has 0 bridgehead atoms. The molecule has 6 nitrogen and oxygen atoms in total. The molecule has 1 aliphatic rings. The summed E-state index contributed by atoms with van der Waals surface area (Å²) in [7, 11) is 0. The van der Waals surface area contributed by atoms with Crippen LogP contribution in [0.5, 0.6) is 0 Å². The molecule has 2 heterocycles. The van der Waals surface area contributed by atoms with Gasteiger partial charge in [-0.2, -0.15) is 4.98 Å². The molecule has 0 aliphatic carbocycles. The van der Waals surface area contributed by atoms with Crippen LogP contribution in [0.15, 0.2) is 89.2 Å². The number of carbonyl (C=O) groups is 1. The molecule has 0 radical (unpaired) electrons. The van der Waals surface area contributed by atoms with Gasteiger partial charge in [0.25, 0.3) is 5.91 Å². The van der Waals surface area contributed by atoms with Crippen molar-refractivity contribution in [2.75, 3.05) is 10.6 Å². The molecule has 8 heteroatoms. The highest BCUT2D eigenvalue weighted by atomic mass is 35.5. The number of allylic oxidation sites excluding steroid dienone is 1. The van der Waals surface area contributed by atoms with Gasteiger partial charge in [0.15, 0.2) is 0 Å². The zero-order valence-electron chi connectivity index (χ0n) is 20.2. The van der Waals surface area contributed by atoms with Crippen molar-refractivity contribution in [3.05, 3.63) is 111 Å². The molecule has 5 rings (SSSR count). The van der Waals surface area contributed by atoms with Crippen molar-refractivity contribution >= 4 is 40.9 Å². The van der Waals surface area contributed by atoms with Crippen LogP contribution in [-0.4, -0.2) is 20.7 Å². The van der Waals surface area contributed by atoms with Crippen LogP contribution in [0.4, 0.5) is 11.6 Å². The van der Waals surface area contributed by atoms with E-state index in [0.717, 1.165) is 22.7 Å². The van der Waals surface area contributed by atoms with E-state index in [2.05, 4.69) is 42.7 Å². The van der Waals surface area contributed by atoms with Crippen molar-refractivity contribution in [1.82, 2.24) is 14.8 Å². The van der Waals surface area contributed by atoms with E-state index in [1.54, 1.807) is 16.4 Å². The first-order chi connectivity index (χ1) is 17.4. The number of para-hydroxylation sites is 1. The number of carbonyl (C=O) groups excluding carboxylic acids is 1. The number of aryl methyl sites for hydroxylation is 2. The maximum atomic E-state index is 13.5. The van der Waals surface area contributed by atoms with E-state index in [9.17, 15) is 4.79 Å². The minimum Gasteiger partial charge on any atom is -0.328 e. The summed E-state index contributed by atoms with van der Waals surface area (Å²) in [5.74, 6) is 1.17. The molecule has 3 aromatic carbocycles. The van der Waals surface area contributed by atoms with Gasteiger partial charge in [0.1, 0.15) is 6.04 Å². The number of amides is 1. The lowest BCUT2D eigenvalue weighted by atomic mass is 9.95. The Balaban J connectivity index is 1.49. The van der Waals surface area contributed by atoms with Crippen molar-refractivity contribution in [1.29, 1.82) is 0 Å². The van der Waals surface area contributed by atoms with Crippen molar-refractivity contribution in [3.63, 3.8) is 0 Å². The average Bonchev–Trinajstić information content (AvgIpc) is 3.27. The van der Waals surface area contributed by atoms with Gasteiger partial charge < -0.3 is 10.6 Å². The van der Waals surface area contributed by atoms with Crippen LogP contribution in [0.2, 0.25) is 5.02 Å². The first-order valence-corrected chi connectivity index (χ1v) is 13.0. The quantitative estimate of drug-likeness (QED) is 0.277. The largest absolute Gasteiger partial charge is 0.328 e. The molecule has 0 unspecified atom stereocenters. The van der Waals surface area contributed by atoms with Gasteiger partial charge in [0.2, 0.25) is 11.1 Å². The fraction of sp³-hybridized carbons (Fsp3) is 0.179. The predicted octanol–water partition coefficient (Wildman–Crippen LogP) is 6.77. The van der Waals surface area contributed by atoms with Crippen LogP contribution in [0.25, 0.3) is 0 Å². The Labute approximate surface area is 219 Å². The lowest BCUT2D eigenvalue weighted by Crippen LogP contribution is -2.31. The monoisotopic (exact) mass is 515 g/mol. The van der Waals surface area contributed by atoms with Gasteiger partial charge in [-0.15, -0.1) is 5.10 Å². The molecule has 0 saturated heterocycles. The molecule has 1 aliphatic heterocycles.